The number of rotatable bonds is 8. The Labute approximate surface area is 121 Å². The summed E-state index contributed by atoms with van der Waals surface area (Å²) in [6, 6.07) is 12.8. The Morgan fingerprint density at radius 2 is 2.00 bits per heavy atom. The van der Waals surface area contributed by atoms with E-state index in [0.717, 1.165) is 25.3 Å². The molecule has 1 N–H and O–H groups in total. The van der Waals surface area contributed by atoms with E-state index in [4.69, 9.17) is 9.15 Å². The maximum absolute atomic E-state index is 5.55. The van der Waals surface area contributed by atoms with Crippen molar-refractivity contribution in [1.29, 1.82) is 0 Å². The average molecular weight is 273 g/mol. The molecule has 0 aliphatic rings. The van der Waals surface area contributed by atoms with Crippen LogP contribution >= 0.6 is 0 Å². The van der Waals surface area contributed by atoms with Gasteiger partial charge in [-0.25, -0.2) is 0 Å². The largest absolute Gasteiger partial charge is 0.467 e. The van der Waals surface area contributed by atoms with Crippen molar-refractivity contribution in [1.82, 2.24) is 5.32 Å². The zero-order valence-corrected chi connectivity index (χ0v) is 12.3. The molecule has 3 heteroatoms. The lowest BCUT2D eigenvalue weighted by Crippen LogP contribution is -2.20. The van der Waals surface area contributed by atoms with E-state index in [0.29, 0.717) is 12.6 Å². The van der Waals surface area contributed by atoms with Crippen LogP contribution < -0.4 is 5.32 Å². The van der Waals surface area contributed by atoms with Crippen LogP contribution in [-0.4, -0.2) is 13.2 Å². The summed E-state index contributed by atoms with van der Waals surface area (Å²) in [5.74, 6) is 0.881. The summed E-state index contributed by atoms with van der Waals surface area (Å²) in [4.78, 5) is 0. The SMILES string of the molecule is Cc1ccc(C(C)NCCCOCc2ccco2)cc1. The Balaban J connectivity index is 1.57. The minimum atomic E-state index is 0.376. The van der Waals surface area contributed by atoms with Crippen molar-refractivity contribution in [2.24, 2.45) is 0 Å². The summed E-state index contributed by atoms with van der Waals surface area (Å²) in [6.45, 7) is 6.55. The van der Waals surface area contributed by atoms with Crippen LogP contribution in [0, 0.1) is 6.92 Å². The molecule has 0 saturated heterocycles. The van der Waals surface area contributed by atoms with Crippen LogP contribution in [-0.2, 0) is 11.3 Å². The van der Waals surface area contributed by atoms with Gasteiger partial charge in [-0.1, -0.05) is 29.8 Å². The molecule has 1 aromatic carbocycles. The first-order valence-corrected chi connectivity index (χ1v) is 7.16. The molecule has 108 valence electrons. The molecular weight excluding hydrogens is 250 g/mol. The third-order valence-corrected chi connectivity index (χ3v) is 3.32. The zero-order valence-electron chi connectivity index (χ0n) is 12.3. The van der Waals surface area contributed by atoms with Crippen molar-refractivity contribution < 1.29 is 9.15 Å². The van der Waals surface area contributed by atoms with E-state index >= 15 is 0 Å². The molecule has 0 fully saturated rings. The highest BCUT2D eigenvalue weighted by Gasteiger charge is 2.03. The Kier molecular flexibility index (Phi) is 5.84. The van der Waals surface area contributed by atoms with Crippen LogP contribution in [0.5, 0.6) is 0 Å². The highest BCUT2D eigenvalue weighted by atomic mass is 16.5. The molecule has 0 radical (unpaired) electrons. The maximum atomic E-state index is 5.55. The van der Waals surface area contributed by atoms with Gasteiger partial charge in [0.15, 0.2) is 0 Å². The monoisotopic (exact) mass is 273 g/mol. The molecule has 20 heavy (non-hydrogen) atoms. The first-order valence-electron chi connectivity index (χ1n) is 7.16. The van der Waals surface area contributed by atoms with E-state index < -0.39 is 0 Å². The summed E-state index contributed by atoms with van der Waals surface area (Å²) in [5, 5.41) is 3.51. The van der Waals surface area contributed by atoms with Crippen molar-refractivity contribution in [2.75, 3.05) is 13.2 Å². The number of aryl methyl sites for hydroxylation is 1. The number of benzene rings is 1. The second-order valence-electron chi connectivity index (χ2n) is 5.07. The summed E-state index contributed by atoms with van der Waals surface area (Å²) in [6.07, 6.45) is 2.67. The van der Waals surface area contributed by atoms with E-state index in [1.54, 1.807) is 6.26 Å². The number of nitrogens with one attached hydrogen (secondary N) is 1. The lowest BCUT2D eigenvalue weighted by atomic mass is 10.1. The highest BCUT2D eigenvalue weighted by molar-refractivity contribution is 5.23. The molecule has 0 bridgehead atoms. The Hall–Kier alpha value is -1.58. The Morgan fingerprint density at radius 1 is 1.20 bits per heavy atom. The molecule has 0 aliphatic heterocycles. The predicted molar refractivity (Wildman–Crippen MR) is 80.6 cm³/mol. The van der Waals surface area contributed by atoms with Gasteiger partial charge < -0.3 is 14.5 Å². The van der Waals surface area contributed by atoms with E-state index in [9.17, 15) is 0 Å². The normalized spacial score (nSPS) is 12.5. The maximum Gasteiger partial charge on any atom is 0.129 e. The first kappa shape index (κ1) is 14.8. The van der Waals surface area contributed by atoms with Gasteiger partial charge in [-0.15, -0.1) is 0 Å². The number of hydrogen-bond donors (Lipinski definition) is 1. The smallest absolute Gasteiger partial charge is 0.129 e. The van der Waals surface area contributed by atoms with Gasteiger partial charge in [-0.3, -0.25) is 0 Å². The van der Waals surface area contributed by atoms with Gasteiger partial charge in [0.25, 0.3) is 0 Å². The lowest BCUT2D eigenvalue weighted by molar-refractivity contribution is 0.104. The first-order chi connectivity index (χ1) is 9.75. The zero-order chi connectivity index (χ0) is 14.2. The standard InChI is InChI=1S/C17H23NO2/c1-14-6-8-16(9-7-14)15(2)18-10-4-11-19-13-17-5-3-12-20-17/h3,5-9,12,15,18H,4,10-11,13H2,1-2H3. The molecule has 3 nitrogen and oxygen atoms in total. The fourth-order valence-corrected chi connectivity index (χ4v) is 2.03. The van der Waals surface area contributed by atoms with Gasteiger partial charge in [0.1, 0.15) is 12.4 Å². The van der Waals surface area contributed by atoms with Gasteiger partial charge in [0, 0.05) is 12.6 Å². The highest BCUT2D eigenvalue weighted by Crippen LogP contribution is 2.12. The molecule has 1 unspecified atom stereocenters. The topological polar surface area (TPSA) is 34.4 Å². The lowest BCUT2D eigenvalue weighted by Gasteiger charge is -2.14. The number of ether oxygens (including phenoxy) is 1. The Morgan fingerprint density at radius 3 is 2.70 bits per heavy atom. The molecule has 2 rings (SSSR count). The van der Waals surface area contributed by atoms with Crippen molar-refractivity contribution in [3.63, 3.8) is 0 Å². The summed E-state index contributed by atoms with van der Waals surface area (Å²) >= 11 is 0. The van der Waals surface area contributed by atoms with Crippen LogP contribution in [0.3, 0.4) is 0 Å². The average Bonchev–Trinajstić information content (AvgIpc) is 2.96. The van der Waals surface area contributed by atoms with E-state index in [1.165, 1.54) is 11.1 Å². The molecule has 0 saturated carbocycles. The molecule has 0 amide bonds. The van der Waals surface area contributed by atoms with Crippen LogP contribution in [0.15, 0.2) is 47.1 Å². The van der Waals surface area contributed by atoms with Crippen molar-refractivity contribution >= 4 is 0 Å². The molecular formula is C17H23NO2. The second-order valence-corrected chi connectivity index (χ2v) is 5.07. The molecule has 0 aliphatic carbocycles. The fraction of sp³-hybridized carbons (Fsp3) is 0.412. The second kappa shape index (κ2) is 7.88. The van der Waals surface area contributed by atoms with Gasteiger partial charge in [0.2, 0.25) is 0 Å². The van der Waals surface area contributed by atoms with Gasteiger partial charge in [0.05, 0.1) is 6.26 Å². The van der Waals surface area contributed by atoms with Crippen molar-refractivity contribution in [2.45, 2.75) is 32.9 Å². The van der Waals surface area contributed by atoms with E-state index in [2.05, 4.69) is 43.4 Å². The molecule has 1 atom stereocenters. The van der Waals surface area contributed by atoms with Crippen LogP contribution in [0.2, 0.25) is 0 Å². The third kappa shape index (κ3) is 4.83. The number of furan rings is 1. The fourth-order valence-electron chi connectivity index (χ4n) is 2.03. The van der Waals surface area contributed by atoms with E-state index in [-0.39, 0.29) is 0 Å². The van der Waals surface area contributed by atoms with Gasteiger partial charge in [-0.05, 0) is 44.5 Å². The summed E-state index contributed by atoms with van der Waals surface area (Å²) in [5.41, 5.74) is 2.62. The van der Waals surface area contributed by atoms with Crippen LogP contribution in [0.1, 0.15) is 36.3 Å². The summed E-state index contributed by atoms with van der Waals surface area (Å²) in [7, 11) is 0. The molecule has 1 aromatic heterocycles. The van der Waals surface area contributed by atoms with Crippen molar-refractivity contribution in [3.8, 4) is 0 Å². The molecule has 0 spiro atoms. The molecule has 2 aromatic rings. The van der Waals surface area contributed by atoms with Gasteiger partial charge >= 0.3 is 0 Å². The van der Waals surface area contributed by atoms with Crippen LogP contribution in [0.4, 0.5) is 0 Å². The third-order valence-electron chi connectivity index (χ3n) is 3.32. The summed E-state index contributed by atoms with van der Waals surface area (Å²) < 4.78 is 10.8. The molecule has 1 heterocycles. The van der Waals surface area contributed by atoms with Crippen molar-refractivity contribution in [3.05, 3.63) is 59.5 Å². The minimum Gasteiger partial charge on any atom is -0.467 e. The van der Waals surface area contributed by atoms with Gasteiger partial charge in [-0.2, -0.15) is 0 Å². The predicted octanol–water partition coefficient (Wildman–Crippen LogP) is 3.85. The van der Waals surface area contributed by atoms with Crippen LogP contribution in [0.25, 0.3) is 0 Å². The van der Waals surface area contributed by atoms with E-state index in [1.807, 2.05) is 12.1 Å². The quantitative estimate of drug-likeness (QED) is 0.742. The number of hydrogen-bond acceptors (Lipinski definition) is 3. The Bertz CT molecular complexity index is 476. The minimum absolute atomic E-state index is 0.376.